The van der Waals surface area contributed by atoms with Crippen LogP contribution in [-0.2, 0) is 4.74 Å². The number of benzene rings is 1. The van der Waals surface area contributed by atoms with Gasteiger partial charge in [0, 0.05) is 49.9 Å². The molecule has 27 heavy (non-hydrogen) atoms. The minimum atomic E-state index is -0.0925. The Morgan fingerprint density at radius 3 is 2.85 bits per heavy atom. The molecule has 9 heteroatoms. The summed E-state index contributed by atoms with van der Waals surface area (Å²) in [5.41, 5.74) is 1.20. The zero-order valence-electron chi connectivity index (χ0n) is 15.3. The molecular formula is C18H24Cl2N4O3. The van der Waals surface area contributed by atoms with E-state index in [1.54, 1.807) is 19.2 Å². The van der Waals surface area contributed by atoms with Crippen LogP contribution >= 0.6 is 24.0 Å². The number of hydrogen-bond acceptors (Lipinski definition) is 6. The molecule has 0 unspecified atom stereocenters. The maximum atomic E-state index is 13.3. The van der Waals surface area contributed by atoms with Gasteiger partial charge in [0.25, 0.3) is 5.91 Å². The lowest BCUT2D eigenvalue weighted by atomic mass is 10.1. The second-order valence-electron chi connectivity index (χ2n) is 6.21. The summed E-state index contributed by atoms with van der Waals surface area (Å²) in [5.74, 6) is 0.783. The highest BCUT2D eigenvalue weighted by Crippen LogP contribution is 2.31. The second kappa shape index (κ2) is 9.94. The van der Waals surface area contributed by atoms with E-state index in [0.717, 1.165) is 18.7 Å². The van der Waals surface area contributed by atoms with Crippen LogP contribution in [0.25, 0.3) is 11.3 Å². The Bertz CT molecular complexity index is 752. The van der Waals surface area contributed by atoms with Crippen molar-refractivity contribution >= 4 is 35.7 Å². The van der Waals surface area contributed by atoms with Crippen LogP contribution in [0.15, 0.2) is 28.8 Å². The van der Waals surface area contributed by atoms with Gasteiger partial charge in [-0.1, -0.05) is 16.8 Å². The Morgan fingerprint density at radius 2 is 2.19 bits per heavy atom. The van der Waals surface area contributed by atoms with Gasteiger partial charge in [0.05, 0.1) is 6.61 Å². The normalized spacial score (nSPS) is 16.7. The number of carbonyl (C=O) groups excluding carboxylic acids is 1. The van der Waals surface area contributed by atoms with Crippen LogP contribution in [0.2, 0.25) is 5.02 Å². The molecule has 2 N–H and O–H groups in total. The minimum Gasteiger partial charge on any atom is -0.383 e. The lowest BCUT2D eigenvalue weighted by Crippen LogP contribution is -2.52. The number of piperazine rings is 1. The summed E-state index contributed by atoms with van der Waals surface area (Å²) in [4.78, 5) is 15.1. The van der Waals surface area contributed by atoms with Gasteiger partial charge in [0.15, 0.2) is 11.6 Å². The molecule has 1 atom stereocenters. The molecule has 3 rings (SSSR count). The molecule has 2 aromatic rings. The maximum Gasteiger partial charge on any atom is 0.262 e. The molecule has 1 aliphatic heterocycles. The van der Waals surface area contributed by atoms with Gasteiger partial charge in [-0.2, -0.15) is 0 Å². The molecule has 7 nitrogen and oxygen atoms in total. The van der Waals surface area contributed by atoms with Gasteiger partial charge in [-0.15, -0.1) is 12.4 Å². The topological polar surface area (TPSA) is 79.6 Å². The third-order valence-electron chi connectivity index (χ3n) is 4.37. The van der Waals surface area contributed by atoms with Gasteiger partial charge in [-0.3, -0.25) is 4.79 Å². The van der Waals surface area contributed by atoms with E-state index in [2.05, 4.69) is 15.8 Å². The van der Waals surface area contributed by atoms with E-state index in [9.17, 15) is 4.79 Å². The molecule has 1 aromatic carbocycles. The van der Waals surface area contributed by atoms with E-state index in [0.29, 0.717) is 41.9 Å². The summed E-state index contributed by atoms with van der Waals surface area (Å²) in [6.45, 7) is 5.23. The molecule has 148 valence electrons. The van der Waals surface area contributed by atoms with Crippen molar-refractivity contribution in [2.75, 3.05) is 45.2 Å². The highest BCUT2D eigenvalue weighted by Gasteiger charge is 2.31. The Labute approximate surface area is 169 Å². The average Bonchev–Trinajstić information content (AvgIpc) is 3.06. The van der Waals surface area contributed by atoms with Crippen LogP contribution in [0.4, 0.5) is 5.82 Å². The highest BCUT2D eigenvalue weighted by atomic mass is 35.5. The Hall–Kier alpha value is -1.80. The van der Waals surface area contributed by atoms with Crippen molar-refractivity contribution in [2.45, 2.75) is 13.0 Å². The van der Waals surface area contributed by atoms with E-state index < -0.39 is 0 Å². The number of aromatic nitrogens is 1. The first kappa shape index (κ1) is 21.5. The van der Waals surface area contributed by atoms with Gasteiger partial charge in [0.2, 0.25) is 0 Å². The predicted octanol–water partition coefficient (Wildman–Crippen LogP) is 2.91. The number of halogens is 2. The number of nitrogens with one attached hydrogen (secondary N) is 2. The van der Waals surface area contributed by atoms with Gasteiger partial charge in [-0.05, 0) is 31.2 Å². The summed E-state index contributed by atoms with van der Waals surface area (Å²) < 4.78 is 10.6. The lowest BCUT2D eigenvalue weighted by molar-refractivity contribution is 0.0657. The number of rotatable bonds is 6. The van der Waals surface area contributed by atoms with Crippen molar-refractivity contribution in [1.29, 1.82) is 0 Å². The van der Waals surface area contributed by atoms with Crippen LogP contribution in [0.1, 0.15) is 17.3 Å². The van der Waals surface area contributed by atoms with Gasteiger partial charge in [0.1, 0.15) is 5.56 Å². The summed E-state index contributed by atoms with van der Waals surface area (Å²) >= 11 is 5.98. The number of methoxy groups -OCH3 is 1. The summed E-state index contributed by atoms with van der Waals surface area (Å²) in [6, 6.07) is 7.26. The van der Waals surface area contributed by atoms with Crippen LogP contribution in [0.3, 0.4) is 0 Å². The van der Waals surface area contributed by atoms with Crippen molar-refractivity contribution in [3.8, 4) is 11.3 Å². The molecule has 0 aliphatic carbocycles. The van der Waals surface area contributed by atoms with Crippen LogP contribution in [0, 0.1) is 0 Å². The molecule has 0 radical (unpaired) electrons. The van der Waals surface area contributed by atoms with Crippen molar-refractivity contribution in [3.05, 3.63) is 34.9 Å². The fourth-order valence-corrected chi connectivity index (χ4v) is 3.09. The third kappa shape index (κ3) is 4.93. The molecule has 0 bridgehead atoms. The highest BCUT2D eigenvalue weighted by molar-refractivity contribution is 6.30. The molecular weight excluding hydrogens is 391 g/mol. The van der Waals surface area contributed by atoms with Gasteiger partial charge in [-0.25, -0.2) is 0 Å². The molecule has 1 aliphatic rings. The Balaban J connectivity index is 0.00000261. The average molecular weight is 415 g/mol. The molecule has 0 spiro atoms. The SMILES string of the molecule is COCCNc1noc(-c2ccc(Cl)cc2)c1C(=O)N1CCNC[C@H]1C.Cl. The van der Waals surface area contributed by atoms with Gasteiger partial charge < -0.3 is 24.8 Å². The summed E-state index contributed by atoms with van der Waals surface area (Å²) in [6.07, 6.45) is 0. The number of hydrogen-bond donors (Lipinski definition) is 2. The molecule has 1 fully saturated rings. The van der Waals surface area contributed by atoms with Crippen LogP contribution in [-0.4, -0.2) is 61.9 Å². The molecule has 1 saturated heterocycles. The van der Waals surface area contributed by atoms with E-state index in [-0.39, 0.29) is 24.4 Å². The number of amides is 1. The molecule has 2 heterocycles. The zero-order chi connectivity index (χ0) is 18.5. The number of nitrogens with zero attached hydrogens (tertiary/aromatic N) is 2. The van der Waals surface area contributed by atoms with Crippen LogP contribution in [0.5, 0.6) is 0 Å². The Morgan fingerprint density at radius 1 is 1.44 bits per heavy atom. The predicted molar refractivity (Wildman–Crippen MR) is 108 cm³/mol. The quantitative estimate of drug-likeness (QED) is 0.707. The van der Waals surface area contributed by atoms with E-state index in [4.69, 9.17) is 20.9 Å². The minimum absolute atomic E-state index is 0. The number of anilines is 1. The fraction of sp³-hybridized carbons (Fsp3) is 0.444. The maximum absolute atomic E-state index is 13.3. The Kier molecular flexibility index (Phi) is 7.91. The smallest absolute Gasteiger partial charge is 0.262 e. The second-order valence-corrected chi connectivity index (χ2v) is 6.65. The van der Waals surface area contributed by atoms with E-state index >= 15 is 0 Å². The first-order valence-electron chi connectivity index (χ1n) is 8.62. The van der Waals surface area contributed by atoms with E-state index in [1.807, 2.05) is 24.0 Å². The molecule has 0 saturated carbocycles. The van der Waals surface area contributed by atoms with Crippen molar-refractivity contribution in [3.63, 3.8) is 0 Å². The molecule has 1 amide bonds. The molecule has 1 aromatic heterocycles. The monoisotopic (exact) mass is 414 g/mol. The summed E-state index contributed by atoms with van der Waals surface area (Å²) in [7, 11) is 1.62. The number of carbonyl (C=O) groups is 1. The third-order valence-corrected chi connectivity index (χ3v) is 4.63. The van der Waals surface area contributed by atoms with Crippen LogP contribution < -0.4 is 10.6 Å². The summed E-state index contributed by atoms with van der Waals surface area (Å²) in [5, 5.41) is 11.1. The van der Waals surface area contributed by atoms with Gasteiger partial charge >= 0.3 is 0 Å². The van der Waals surface area contributed by atoms with Crippen molar-refractivity contribution < 1.29 is 14.1 Å². The van der Waals surface area contributed by atoms with Crippen molar-refractivity contribution in [1.82, 2.24) is 15.4 Å². The van der Waals surface area contributed by atoms with E-state index in [1.165, 1.54) is 0 Å². The number of ether oxygens (including phenoxy) is 1. The standard InChI is InChI=1S/C18H23ClN4O3.ClH/c1-12-11-20-7-9-23(12)18(24)15-16(13-3-5-14(19)6-4-13)26-22-17(15)21-8-10-25-2;/h3-6,12,20H,7-11H2,1-2H3,(H,21,22);1H/t12-;/m1./s1. The van der Waals surface area contributed by atoms with Crippen molar-refractivity contribution in [2.24, 2.45) is 0 Å². The zero-order valence-corrected chi connectivity index (χ0v) is 16.9. The largest absolute Gasteiger partial charge is 0.383 e. The lowest BCUT2D eigenvalue weighted by Gasteiger charge is -2.34. The first-order valence-corrected chi connectivity index (χ1v) is 8.99. The fourth-order valence-electron chi connectivity index (χ4n) is 2.97. The first-order chi connectivity index (χ1) is 12.6.